The molecule has 3 aliphatic rings. The topological polar surface area (TPSA) is 89.1 Å². The highest BCUT2D eigenvalue weighted by molar-refractivity contribution is 5.83. The van der Waals surface area contributed by atoms with Crippen molar-refractivity contribution >= 4 is 11.9 Å². The van der Waals surface area contributed by atoms with Crippen LogP contribution in [0.5, 0.6) is 17.2 Å². The Morgan fingerprint density at radius 2 is 1.82 bits per heavy atom. The normalized spacial score (nSPS) is 20.4. The Hall–Kier alpha value is -3.42. The second kappa shape index (κ2) is 8.84. The molecule has 2 aromatic rings. The Bertz CT molecular complexity index is 1050. The largest absolute Gasteiger partial charge is 0.491 e. The molecule has 1 atom stereocenters. The highest BCUT2D eigenvalue weighted by Gasteiger charge is 2.38. The third-order valence-corrected chi connectivity index (χ3v) is 6.80. The maximum atomic E-state index is 12.9. The van der Waals surface area contributed by atoms with Crippen molar-refractivity contribution in [2.75, 3.05) is 26.5 Å². The first-order valence-corrected chi connectivity index (χ1v) is 11.4. The SMILES string of the molecule is CC1(C(=O)NCc2ccc3c(c2)OCO3)CCN(C(=O)N[C@@H]2COc3ccccc3C2)CC1. The molecule has 0 aliphatic carbocycles. The van der Waals surface area contributed by atoms with Crippen LogP contribution in [0.1, 0.15) is 30.9 Å². The van der Waals surface area contributed by atoms with Gasteiger partial charge < -0.3 is 29.7 Å². The molecule has 0 unspecified atom stereocenters. The van der Waals surface area contributed by atoms with Gasteiger partial charge in [-0.1, -0.05) is 31.2 Å². The fraction of sp³-hybridized carbons (Fsp3) is 0.440. The van der Waals surface area contributed by atoms with Crippen molar-refractivity contribution in [3.8, 4) is 17.2 Å². The smallest absolute Gasteiger partial charge is 0.317 e. The fourth-order valence-electron chi connectivity index (χ4n) is 4.56. The van der Waals surface area contributed by atoms with Crippen LogP contribution in [-0.2, 0) is 17.8 Å². The number of hydrogen-bond acceptors (Lipinski definition) is 5. The van der Waals surface area contributed by atoms with E-state index in [1.807, 2.05) is 49.4 Å². The number of carbonyl (C=O) groups is 2. The number of amides is 3. The van der Waals surface area contributed by atoms with Gasteiger partial charge in [0.15, 0.2) is 11.5 Å². The lowest BCUT2D eigenvalue weighted by molar-refractivity contribution is -0.132. The Labute approximate surface area is 193 Å². The standard InChI is InChI=1S/C25H29N3O5/c1-25(23(29)26-14-17-6-7-21-22(12-17)33-16-32-21)8-10-28(11-9-25)24(30)27-19-13-18-4-2-3-5-20(18)31-15-19/h2-7,12,19H,8-11,13-16H2,1H3,(H,26,29)(H,27,30)/t19-/m0/s1. The number of urea groups is 1. The monoisotopic (exact) mass is 451 g/mol. The molecule has 3 amide bonds. The lowest BCUT2D eigenvalue weighted by Gasteiger charge is -2.39. The zero-order valence-electron chi connectivity index (χ0n) is 18.8. The van der Waals surface area contributed by atoms with Gasteiger partial charge in [0.1, 0.15) is 12.4 Å². The lowest BCUT2D eigenvalue weighted by atomic mass is 9.79. The van der Waals surface area contributed by atoms with Crippen LogP contribution in [-0.4, -0.2) is 49.4 Å². The number of nitrogens with zero attached hydrogens (tertiary/aromatic N) is 1. The minimum atomic E-state index is -0.500. The molecule has 8 heteroatoms. The Morgan fingerprint density at radius 1 is 1.03 bits per heavy atom. The molecular weight excluding hydrogens is 422 g/mol. The van der Waals surface area contributed by atoms with E-state index in [1.165, 1.54) is 0 Å². The summed E-state index contributed by atoms with van der Waals surface area (Å²) in [5, 5.41) is 6.14. The van der Waals surface area contributed by atoms with Crippen LogP contribution >= 0.6 is 0 Å². The summed E-state index contributed by atoms with van der Waals surface area (Å²) in [5.41, 5.74) is 1.57. The summed E-state index contributed by atoms with van der Waals surface area (Å²) < 4.78 is 16.5. The fourth-order valence-corrected chi connectivity index (χ4v) is 4.56. The number of ether oxygens (including phenoxy) is 3. The highest BCUT2D eigenvalue weighted by atomic mass is 16.7. The van der Waals surface area contributed by atoms with E-state index >= 15 is 0 Å². The number of nitrogens with one attached hydrogen (secondary N) is 2. The highest BCUT2D eigenvalue weighted by Crippen LogP contribution is 2.34. The van der Waals surface area contributed by atoms with E-state index in [2.05, 4.69) is 10.6 Å². The van der Waals surface area contributed by atoms with Crippen LogP contribution < -0.4 is 24.8 Å². The summed E-state index contributed by atoms with van der Waals surface area (Å²) in [4.78, 5) is 27.5. The number of rotatable bonds is 4. The first kappa shape index (κ1) is 21.4. The van der Waals surface area contributed by atoms with E-state index in [-0.39, 0.29) is 24.8 Å². The Kier molecular flexibility index (Phi) is 5.74. The summed E-state index contributed by atoms with van der Waals surface area (Å²) in [6.07, 6.45) is 2.00. The first-order chi connectivity index (χ1) is 16.0. The van der Waals surface area contributed by atoms with Crippen molar-refractivity contribution in [1.29, 1.82) is 0 Å². The zero-order valence-corrected chi connectivity index (χ0v) is 18.8. The molecule has 8 nitrogen and oxygen atoms in total. The summed E-state index contributed by atoms with van der Waals surface area (Å²) in [7, 11) is 0. The molecule has 33 heavy (non-hydrogen) atoms. The van der Waals surface area contributed by atoms with Crippen LogP contribution in [0.15, 0.2) is 42.5 Å². The quantitative estimate of drug-likeness (QED) is 0.746. The van der Waals surface area contributed by atoms with Crippen molar-refractivity contribution < 1.29 is 23.8 Å². The first-order valence-electron chi connectivity index (χ1n) is 11.4. The van der Waals surface area contributed by atoms with Gasteiger partial charge in [0, 0.05) is 25.0 Å². The van der Waals surface area contributed by atoms with E-state index in [0.29, 0.717) is 44.8 Å². The molecule has 0 saturated carbocycles. The maximum absolute atomic E-state index is 12.9. The molecule has 1 saturated heterocycles. The second-order valence-corrected chi connectivity index (χ2v) is 9.19. The van der Waals surface area contributed by atoms with Gasteiger partial charge in [0.05, 0.1) is 6.04 Å². The van der Waals surface area contributed by atoms with Gasteiger partial charge in [-0.2, -0.15) is 0 Å². The summed E-state index contributed by atoms with van der Waals surface area (Å²) >= 11 is 0. The maximum Gasteiger partial charge on any atom is 0.317 e. The zero-order chi connectivity index (χ0) is 22.8. The number of fused-ring (bicyclic) bond motifs is 2. The number of hydrogen-bond donors (Lipinski definition) is 2. The molecule has 0 spiro atoms. The second-order valence-electron chi connectivity index (χ2n) is 9.19. The molecule has 0 bridgehead atoms. The lowest BCUT2D eigenvalue weighted by Crippen LogP contribution is -2.54. The molecular formula is C25H29N3O5. The van der Waals surface area contributed by atoms with Gasteiger partial charge >= 0.3 is 6.03 Å². The van der Waals surface area contributed by atoms with Gasteiger partial charge in [-0.25, -0.2) is 4.79 Å². The van der Waals surface area contributed by atoms with E-state index in [1.54, 1.807) is 4.90 Å². The van der Waals surface area contributed by atoms with Crippen molar-refractivity contribution in [2.45, 2.75) is 38.8 Å². The molecule has 174 valence electrons. The predicted molar refractivity (Wildman–Crippen MR) is 121 cm³/mol. The average molecular weight is 452 g/mol. The minimum absolute atomic E-state index is 0.0116. The average Bonchev–Trinajstić information content (AvgIpc) is 3.31. The van der Waals surface area contributed by atoms with Crippen LogP contribution in [0.2, 0.25) is 0 Å². The Balaban J connectivity index is 1.10. The van der Waals surface area contributed by atoms with E-state index in [9.17, 15) is 9.59 Å². The van der Waals surface area contributed by atoms with Gasteiger partial charge in [0.25, 0.3) is 0 Å². The third-order valence-electron chi connectivity index (χ3n) is 6.80. The van der Waals surface area contributed by atoms with Crippen LogP contribution in [0.3, 0.4) is 0 Å². The van der Waals surface area contributed by atoms with E-state index in [4.69, 9.17) is 14.2 Å². The number of piperidine rings is 1. The van der Waals surface area contributed by atoms with Gasteiger partial charge in [-0.3, -0.25) is 4.79 Å². The van der Waals surface area contributed by atoms with Gasteiger partial charge in [-0.05, 0) is 48.6 Å². The number of para-hydroxylation sites is 1. The molecule has 3 heterocycles. The van der Waals surface area contributed by atoms with Crippen LogP contribution in [0.4, 0.5) is 4.79 Å². The number of carbonyl (C=O) groups excluding carboxylic acids is 2. The van der Waals surface area contributed by atoms with Crippen molar-refractivity contribution in [2.24, 2.45) is 5.41 Å². The molecule has 2 N–H and O–H groups in total. The van der Waals surface area contributed by atoms with Crippen LogP contribution in [0.25, 0.3) is 0 Å². The van der Waals surface area contributed by atoms with E-state index in [0.717, 1.165) is 29.0 Å². The predicted octanol–water partition coefficient (Wildman–Crippen LogP) is 2.85. The van der Waals surface area contributed by atoms with Crippen molar-refractivity contribution in [3.63, 3.8) is 0 Å². The van der Waals surface area contributed by atoms with Gasteiger partial charge in [-0.15, -0.1) is 0 Å². The van der Waals surface area contributed by atoms with Crippen molar-refractivity contribution in [3.05, 3.63) is 53.6 Å². The summed E-state index contributed by atoms with van der Waals surface area (Å²) in [6.45, 7) is 4.19. The molecule has 1 fully saturated rings. The van der Waals surface area contributed by atoms with Crippen molar-refractivity contribution in [1.82, 2.24) is 15.5 Å². The molecule has 3 aliphatic heterocycles. The minimum Gasteiger partial charge on any atom is -0.491 e. The Morgan fingerprint density at radius 3 is 2.67 bits per heavy atom. The van der Waals surface area contributed by atoms with Crippen LogP contribution in [0, 0.1) is 5.41 Å². The molecule has 0 aromatic heterocycles. The van der Waals surface area contributed by atoms with Gasteiger partial charge in [0.2, 0.25) is 12.7 Å². The molecule has 2 aromatic carbocycles. The molecule has 5 rings (SSSR count). The number of benzene rings is 2. The number of likely N-dealkylation sites (tertiary alicyclic amines) is 1. The third kappa shape index (κ3) is 4.55. The van der Waals surface area contributed by atoms with E-state index < -0.39 is 5.41 Å². The summed E-state index contributed by atoms with van der Waals surface area (Å²) in [6, 6.07) is 13.5. The molecule has 0 radical (unpaired) electrons. The summed E-state index contributed by atoms with van der Waals surface area (Å²) in [5.74, 6) is 2.34.